The summed E-state index contributed by atoms with van der Waals surface area (Å²) in [7, 11) is 3.03. The van der Waals surface area contributed by atoms with Crippen LogP contribution in [0.3, 0.4) is 0 Å². The lowest BCUT2D eigenvalue weighted by Gasteiger charge is -2.08. The summed E-state index contributed by atoms with van der Waals surface area (Å²) in [5.74, 6) is 0. The summed E-state index contributed by atoms with van der Waals surface area (Å²) in [6, 6.07) is 0. The van der Waals surface area contributed by atoms with E-state index in [9.17, 15) is 0 Å². The van der Waals surface area contributed by atoms with Crippen LogP contribution < -0.4 is 0 Å². The monoisotopic (exact) mass is 119 g/mol. The predicted molar refractivity (Wildman–Crippen MR) is 29.2 cm³/mol. The van der Waals surface area contributed by atoms with Gasteiger partial charge in [-0.15, -0.1) is 0 Å². The van der Waals surface area contributed by atoms with Gasteiger partial charge >= 0.3 is 0 Å². The number of ether oxygens (including phenoxy) is 2. The predicted octanol–water partition coefficient (Wildman–Crippen LogP) is -0.198. The molecule has 0 aliphatic carbocycles. The molecule has 0 fully saturated rings. The second-order valence-electron chi connectivity index (χ2n) is 1.33. The van der Waals surface area contributed by atoms with Crippen LogP contribution in [-0.4, -0.2) is 32.0 Å². The summed E-state index contributed by atoms with van der Waals surface area (Å²) >= 11 is 0. The molecule has 0 aliphatic heterocycles. The van der Waals surface area contributed by atoms with Gasteiger partial charge in [0.2, 0.25) is 0 Å². The van der Waals surface area contributed by atoms with Crippen molar-refractivity contribution in [3.05, 3.63) is 6.61 Å². The van der Waals surface area contributed by atoms with E-state index >= 15 is 0 Å². The van der Waals surface area contributed by atoms with Crippen LogP contribution in [0.5, 0.6) is 0 Å². The van der Waals surface area contributed by atoms with E-state index in [2.05, 4.69) is 4.74 Å². The van der Waals surface area contributed by atoms with Gasteiger partial charge in [0.05, 0.1) is 6.61 Å². The molecular weight excluding hydrogens is 108 g/mol. The van der Waals surface area contributed by atoms with E-state index in [1.165, 1.54) is 20.8 Å². The van der Waals surface area contributed by atoms with Gasteiger partial charge in [0.15, 0.2) is 0 Å². The van der Waals surface area contributed by atoms with Gasteiger partial charge in [-0.1, -0.05) is 0 Å². The Balaban J connectivity index is 3.07. The van der Waals surface area contributed by atoms with Gasteiger partial charge in [-0.2, -0.15) is 0 Å². The molecule has 3 nitrogen and oxygen atoms in total. The number of aliphatic hydroxyl groups is 1. The summed E-state index contributed by atoms with van der Waals surface area (Å²) in [5, 5.41) is 8.42. The molecule has 3 heteroatoms. The van der Waals surface area contributed by atoms with Crippen molar-refractivity contribution in [1.82, 2.24) is 0 Å². The zero-order chi connectivity index (χ0) is 6.41. The second kappa shape index (κ2) is 5.03. The number of hydrogen-bond donors (Lipinski definition) is 1. The zero-order valence-electron chi connectivity index (χ0n) is 5.13. The van der Waals surface area contributed by atoms with Crippen molar-refractivity contribution in [3.8, 4) is 0 Å². The molecule has 1 atom stereocenters. The summed E-state index contributed by atoms with van der Waals surface area (Å²) < 4.78 is 9.29. The Morgan fingerprint density at radius 2 is 2.25 bits per heavy atom. The van der Waals surface area contributed by atoms with Crippen LogP contribution in [0.2, 0.25) is 0 Å². The molecule has 8 heavy (non-hydrogen) atoms. The molecule has 0 heterocycles. The van der Waals surface area contributed by atoms with Gasteiger partial charge < -0.3 is 14.6 Å². The van der Waals surface area contributed by atoms with Crippen LogP contribution >= 0.6 is 0 Å². The number of aliphatic hydroxyl groups excluding tert-OH is 1. The van der Waals surface area contributed by atoms with Gasteiger partial charge in [0.25, 0.3) is 0 Å². The first-order chi connectivity index (χ1) is 3.85. The molecule has 1 N–H and O–H groups in total. The minimum atomic E-state index is -0.292. The molecule has 49 valence electrons. The summed E-state index contributed by atoms with van der Waals surface area (Å²) in [4.78, 5) is 0. The molecule has 0 aromatic carbocycles. The summed E-state index contributed by atoms with van der Waals surface area (Å²) in [5.41, 5.74) is 0. The fourth-order valence-electron chi connectivity index (χ4n) is 0.325. The van der Waals surface area contributed by atoms with Crippen molar-refractivity contribution in [2.45, 2.75) is 6.10 Å². The third kappa shape index (κ3) is 2.96. The van der Waals surface area contributed by atoms with E-state index in [4.69, 9.17) is 9.84 Å². The summed E-state index contributed by atoms with van der Waals surface area (Å²) in [6.45, 7) is 1.39. The number of hydrogen-bond acceptors (Lipinski definition) is 3. The molecular formula is C5H11O3. The Kier molecular flexibility index (Phi) is 4.95. The minimum absolute atomic E-state index is 0.0374. The molecule has 1 radical (unpaired) electrons. The average Bonchev–Trinajstić information content (AvgIpc) is 1.83. The molecule has 0 aromatic heterocycles. The van der Waals surface area contributed by atoms with Gasteiger partial charge in [-0.25, -0.2) is 0 Å². The first kappa shape index (κ1) is 7.88. The lowest BCUT2D eigenvalue weighted by atomic mass is 10.4. The normalized spacial score (nSPS) is 13.9. The van der Waals surface area contributed by atoms with Crippen molar-refractivity contribution in [1.29, 1.82) is 0 Å². The smallest absolute Gasteiger partial charge is 0.114 e. The van der Waals surface area contributed by atoms with Gasteiger partial charge in [-0.05, 0) is 0 Å². The van der Waals surface area contributed by atoms with Crippen molar-refractivity contribution < 1.29 is 14.6 Å². The quantitative estimate of drug-likeness (QED) is 0.557. The molecule has 1 unspecified atom stereocenters. The van der Waals surface area contributed by atoms with E-state index in [1.54, 1.807) is 0 Å². The van der Waals surface area contributed by atoms with E-state index in [-0.39, 0.29) is 12.7 Å². The highest BCUT2D eigenvalue weighted by Crippen LogP contribution is 1.92. The van der Waals surface area contributed by atoms with Crippen LogP contribution in [-0.2, 0) is 9.47 Å². The van der Waals surface area contributed by atoms with Crippen molar-refractivity contribution in [2.75, 3.05) is 20.8 Å². The van der Waals surface area contributed by atoms with Gasteiger partial charge in [0.1, 0.15) is 12.7 Å². The van der Waals surface area contributed by atoms with Crippen LogP contribution in [0.1, 0.15) is 0 Å². The van der Waals surface area contributed by atoms with Crippen molar-refractivity contribution in [2.24, 2.45) is 0 Å². The Morgan fingerprint density at radius 3 is 2.38 bits per heavy atom. The topological polar surface area (TPSA) is 38.7 Å². The number of rotatable bonds is 4. The highest BCUT2D eigenvalue weighted by atomic mass is 16.5. The lowest BCUT2D eigenvalue weighted by molar-refractivity contribution is 0.0298. The Hall–Kier alpha value is -0.120. The maximum absolute atomic E-state index is 8.42. The van der Waals surface area contributed by atoms with E-state index in [0.29, 0.717) is 0 Å². The maximum atomic E-state index is 8.42. The Labute approximate surface area is 49.2 Å². The lowest BCUT2D eigenvalue weighted by Crippen LogP contribution is -2.16. The molecule has 0 saturated heterocycles. The Bertz CT molecular complexity index is 42.9. The Morgan fingerprint density at radius 1 is 1.62 bits per heavy atom. The number of methoxy groups -OCH3 is 2. The van der Waals surface area contributed by atoms with Crippen molar-refractivity contribution in [3.63, 3.8) is 0 Å². The molecule has 0 bridgehead atoms. The first-order valence-electron chi connectivity index (χ1n) is 2.35. The van der Waals surface area contributed by atoms with Crippen molar-refractivity contribution >= 4 is 0 Å². The van der Waals surface area contributed by atoms with Crippen LogP contribution in [0.15, 0.2) is 0 Å². The fourth-order valence-corrected chi connectivity index (χ4v) is 0.325. The largest absolute Gasteiger partial charge is 0.394 e. The van der Waals surface area contributed by atoms with Gasteiger partial charge in [0, 0.05) is 14.2 Å². The first-order valence-corrected chi connectivity index (χ1v) is 2.35. The van der Waals surface area contributed by atoms with Crippen LogP contribution in [0.25, 0.3) is 0 Å². The maximum Gasteiger partial charge on any atom is 0.114 e. The third-order valence-corrected chi connectivity index (χ3v) is 0.771. The van der Waals surface area contributed by atoms with E-state index in [0.717, 1.165) is 0 Å². The van der Waals surface area contributed by atoms with E-state index < -0.39 is 0 Å². The standard InChI is InChI=1S/C5H11O3/c1-7-4-5(3-6)8-2/h4-6H,3H2,1-2H3. The third-order valence-electron chi connectivity index (χ3n) is 0.771. The fraction of sp³-hybridized carbons (Fsp3) is 0.800. The average molecular weight is 119 g/mol. The molecule has 0 aromatic rings. The molecule has 0 aliphatic rings. The second-order valence-corrected chi connectivity index (χ2v) is 1.33. The summed E-state index contributed by atoms with van der Waals surface area (Å²) in [6.07, 6.45) is -0.292. The van der Waals surface area contributed by atoms with E-state index in [1.807, 2.05) is 0 Å². The zero-order valence-corrected chi connectivity index (χ0v) is 5.13. The SMILES string of the molecule is CO[CH]C(CO)OC. The highest BCUT2D eigenvalue weighted by molar-refractivity contribution is 4.63. The van der Waals surface area contributed by atoms with Crippen LogP contribution in [0, 0.1) is 6.61 Å². The molecule has 0 saturated carbocycles. The molecule has 0 amide bonds. The highest BCUT2D eigenvalue weighted by Gasteiger charge is 2.02. The molecule has 0 spiro atoms. The van der Waals surface area contributed by atoms with Crippen LogP contribution in [0.4, 0.5) is 0 Å². The molecule has 0 rings (SSSR count). The van der Waals surface area contributed by atoms with Gasteiger partial charge in [-0.3, -0.25) is 0 Å². The minimum Gasteiger partial charge on any atom is -0.394 e.